The number of ketones is 1. The minimum atomic E-state index is -0.0314. The minimum absolute atomic E-state index is 0.0186. The molecule has 9 heteroatoms. The van der Waals surface area contributed by atoms with E-state index in [9.17, 15) is 9.59 Å². The van der Waals surface area contributed by atoms with Gasteiger partial charge in [-0.3, -0.25) is 14.5 Å². The van der Waals surface area contributed by atoms with Crippen molar-refractivity contribution in [2.45, 2.75) is 37.8 Å². The Morgan fingerprint density at radius 2 is 1.98 bits per heavy atom. The molecular weight excluding hydrogens is 528 g/mol. The lowest BCUT2D eigenvalue weighted by atomic mass is 10.0. The Kier molecular flexibility index (Phi) is 6.49. The number of likely N-dealkylation sites (N-methyl/N-ethyl adjacent to an activating group) is 1. The maximum atomic E-state index is 13.2. The van der Waals surface area contributed by atoms with Crippen LogP contribution in [0.2, 0.25) is 5.02 Å². The van der Waals surface area contributed by atoms with Crippen LogP contribution in [0.3, 0.4) is 0 Å². The van der Waals surface area contributed by atoms with Gasteiger partial charge in [0.1, 0.15) is 29.2 Å². The highest BCUT2D eigenvalue weighted by atomic mass is 35.5. The summed E-state index contributed by atoms with van der Waals surface area (Å²) in [7, 11) is 2.15. The molecule has 4 aliphatic rings. The first-order valence-electron chi connectivity index (χ1n) is 13.9. The number of carbonyl (C=O) groups is 2. The summed E-state index contributed by atoms with van der Waals surface area (Å²) in [6, 6.07) is 13.4. The van der Waals surface area contributed by atoms with Gasteiger partial charge in [0.2, 0.25) is 5.91 Å². The van der Waals surface area contributed by atoms with Crippen LogP contribution in [0.4, 0.5) is 5.82 Å². The second-order valence-corrected chi connectivity index (χ2v) is 11.7. The summed E-state index contributed by atoms with van der Waals surface area (Å²) in [5.41, 5.74) is 3.70. The van der Waals surface area contributed by atoms with Gasteiger partial charge in [-0.2, -0.15) is 0 Å². The highest BCUT2D eigenvalue weighted by Gasteiger charge is 2.59. The number of aromatic nitrogens is 1. The molecule has 0 spiro atoms. The van der Waals surface area contributed by atoms with Crippen molar-refractivity contribution in [3.63, 3.8) is 0 Å². The third kappa shape index (κ3) is 4.85. The molecule has 206 valence electrons. The number of hydrogen-bond donors (Lipinski definition) is 1. The van der Waals surface area contributed by atoms with E-state index in [-0.39, 0.29) is 29.6 Å². The number of nitrogens with one attached hydrogen (secondary N) is 1. The highest BCUT2D eigenvalue weighted by molar-refractivity contribution is 6.31. The SMILES string of the molecule is CN1CCN(Cc2ccc(C(=O)C[C@@H]3[C@H]4Oc5ccc(Oc6ccnc7c6CCC(=O)N7)cc5[C@@H]34)cc2Cl)CC1. The molecule has 1 saturated heterocycles. The summed E-state index contributed by atoms with van der Waals surface area (Å²) < 4.78 is 12.4. The van der Waals surface area contributed by atoms with Gasteiger partial charge in [-0.1, -0.05) is 23.7 Å². The molecule has 3 aliphatic heterocycles. The van der Waals surface area contributed by atoms with Crippen LogP contribution in [-0.4, -0.2) is 65.8 Å². The molecule has 3 aromatic rings. The first-order valence-corrected chi connectivity index (χ1v) is 14.3. The summed E-state index contributed by atoms with van der Waals surface area (Å²) in [5.74, 6) is 3.19. The predicted molar refractivity (Wildman–Crippen MR) is 152 cm³/mol. The minimum Gasteiger partial charge on any atom is -0.489 e. The Bertz CT molecular complexity index is 1500. The normalized spacial score (nSPS) is 23.4. The van der Waals surface area contributed by atoms with Crippen LogP contribution in [0, 0.1) is 5.92 Å². The van der Waals surface area contributed by atoms with Crippen molar-refractivity contribution in [2.24, 2.45) is 5.92 Å². The van der Waals surface area contributed by atoms with Crippen LogP contribution in [0.5, 0.6) is 17.2 Å². The van der Waals surface area contributed by atoms with Crippen LogP contribution in [0.25, 0.3) is 0 Å². The Labute approximate surface area is 238 Å². The summed E-state index contributed by atoms with van der Waals surface area (Å²) in [5, 5.41) is 3.47. The Morgan fingerprint density at radius 1 is 1.12 bits per heavy atom. The van der Waals surface area contributed by atoms with E-state index in [0.29, 0.717) is 47.2 Å². The fourth-order valence-electron chi connectivity index (χ4n) is 6.17. The second-order valence-electron chi connectivity index (χ2n) is 11.3. The van der Waals surface area contributed by atoms with Crippen molar-refractivity contribution in [1.82, 2.24) is 14.8 Å². The number of benzene rings is 2. The number of carbonyl (C=O) groups excluding carboxylic acids is 2. The summed E-state index contributed by atoms with van der Waals surface area (Å²) in [6.45, 7) is 4.97. The average molecular weight is 559 g/mol. The number of ether oxygens (including phenoxy) is 2. The molecule has 40 heavy (non-hydrogen) atoms. The molecule has 0 radical (unpaired) electrons. The molecule has 4 heterocycles. The van der Waals surface area contributed by atoms with Crippen LogP contribution in [0.15, 0.2) is 48.7 Å². The van der Waals surface area contributed by atoms with Gasteiger partial charge in [0, 0.05) is 85.3 Å². The molecular formula is C31H31ClN4O4. The molecule has 2 fully saturated rings. The standard InChI is InChI=1S/C31H31ClN4O4/c1-35-10-12-36(13-11-35)17-19-3-2-18(14-24(19)32)25(37)16-23-29-22-15-20(4-6-26(22)40-30(23)29)39-27-8-9-33-31-21(27)5-7-28(38)34-31/h2-4,6,8-9,14-15,23,29-30H,5,7,10-13,16-17H2,1H3,(H,33,34,38)/t23-,29-,30+/m0/s1. The van der Waals surface area contributed by atoms with Crippen molar-refractivity contribution in [3.8, 4) is 17.2 Å². The molecule has 1 aliphatic carbocycles. The zero-order chi connectivity index (χ0) is 27.4. The third-order valence-electron chi connectivity index (χ3n) is 8.59. The zero-order valence-electron chi connectivity index (χ0n) is 22.4. The van der Waals surface area contributed by atoms with E-state index in [2.05, 4.69) is 27.1 Å². The molecule has 1 amide bonds. The van der Waals surface area contributed by atoms with Gasteiger partial charge in [0.25, 0.3) is 0 Å². The molecule has 2 aromatic carbocycles. The maximum absolute atomic E-state index is 13.2. The fraction of sp³-hybridized carbons (Fsp3) is 0.387. The second kappa shape index (κ2) is 10.2. The number of amides is 1. The zero-order valence-corrected chi connectivity index (χ0v) is 23.1. The van der Waals surface area contributed by atoms with E-state index in [1.165, 1.54) is 0 Å². The van der Waals surface area contributed by atoms with E-state index in [1.54, 1.807) is 6.20 Å². The van der Waals surface area contributed by atoms with Crippen LogP contribution in [-0.2, 0) is 17.8 Å². The lowest BCUT2D eigenvalue weighted by Crippen LogP contribution is -2.43. The van der Waals surface area contributed by atoms with Gasteiger partial charge in [-0.25, -0.2) is 4.98 Å². The van der Waals surface area contributed by atoms with E-state index in [4.69, 9.17) is 21.1 Å². The first-order chi connectivity index (χ1) is 19.4. The van der Waals surface area contributed by atoms with Crippen LogP contribution >= 0.6 is 11.6 Å². The Morgan fingerprint density at radius 3 is 2.80 bits per heavy atom. The highest BCUT2D eigenvalue weighted by Crippen LogP contribution is 2.60. The van der Waals surface area contributed by atoms with E-state index < -0.39 is 0 Å². The Hall–Kier alpha value is -3.46. The quantitative estimate of drug-likeness (QED) is 0.413. The molecule has 1 N–H and O–H groups in total. The monoisotopic (exact) mass is 558 g/mol. The van der Waals surface area contributed by atoms with E-state index in [1.807, 2.05) is 42.5 Å². The van der Waals surface area contributed by atoms with Gasteiger partial charge in [-0.15, -0.1) is 0 Å². The van der Waals surface area contributed by atoms with Gasteiger partial charge < -0.3 is 19.7 Å². The number of piperazine rings is 1. The third-order valence-corrected chi connectivity index (χ3v) is 8.94. The molecule has 1 aromatic heterocycles. The van der Waals surface area contributed by atoms with Gasteiger partial charge in [0.15, 0.2) is 5.78 Å². The van der Waals surface area contributed by atoms with Gasteiger partial charge in [-0.05, 0) is 49.4 Å². The van der Waals surface area contributed by atoms with Crippen LogP contribution in [0.1, 0.15) is 45.8 Å². The van der Waals surface area contributed by atoms with Crippen molar-refractivity contribution in [2.75, 3.05) is 38.5 Å². The number of rotatable bonds is 7. The van der Waals surface area contributed by atoms with Crippen molar-refractivity contribution >= 4 is 29.1 Å². The maximum Gasteiger partial charge on any atom is 0.225 e. The number of Topliss-reactive ketones (excluding diaryl/α,β-unsaturated/α-hetero) is 1. The summed E-state index contributed by atoms with van der Waals surface area (Å²) >= 11 is 6.62. The van der Waals surface area contributed by atoms with Crippen molar-refractivity contribution in [1.29, 1.82) is 0 Å². The molecule has 7 rings (SSSR count). The van der Waals surface area contributed by atoms with E-state index in [0.717, 1.165) is 55.2 Å². The Balaban J connectivity index is 1.00. The van der Waals surface area contributed by atoms with Crippen molar-refractivity contribution in [3.05, 3.63) is 75.9 Å². The van der Waals surface area contributed by atoms with Gasteiger partial charge >= 0.3 is 0 Å². The topological polar surface area (TPSA) is 84.0 Å². The molecule has 3 atom stereocenters. The number of hydrogen-bond acceptors (Lipinski definition) is 7. The van der Waals surface area contributed by atoms with Crippen LogP contribution < -0.4 is 14.8 Å². The lowest BCUT2D eigenvalue weighted by molar-refractivity contribution is -0.116. The summed E-state index contributed by atoms with van der Waals surface area (Å²) in [4.78, 5) is 34.0. The smallest absolute Gasteiger partial charge is 0.225 e. The fourth-order valence-corrected chi connectivity index (χ4v) is 6.41. The molecule has 1 saturated carbocycles. The largest absolute Gasteiger partial charge is 0.489 e. The molecule has 0 bridgehead atoms. The van der Waals surface area contributed by atoms with E-state index >= 15 is 0 Å². The van der Waals surface area contributed by atoms with Crippen molar-refractivity contribution < 1.29 is 19.1 Å². The first kappa shape index (κ1) is 25.5. The average Bonchev–Trinajstić information content (AvgIpc) is 3.47. The van der Waals surface area contributed by atoms with Gasteiger partial charge in [0.05, 0.1) is 0 Å². The predicted octanol–water partition coefficient (Wildman–Crippen LogP) is 4.91. The molecule has 8 nitrogen and oxygen atoms in total. The number of nitrogens with zero attached hydrogens (tertiary/aromatic N) is 3. The summed E-state index contributed by atoms with van der Waals surface area (Å²) in [6.07, 6.45) is 3.08. The number of anilines is 1. The lowest BCUT2D eigenvalue weighted by Gasteiger charge is -2.32. The number of halogens is 1. The number of fused-ring (bicyclic) bond motifs is 4. The number of pyridine rings is 1. The molecule has 0 unspecified atom stereocenters.